The largest absolute Gasteiger partial charge is 0.297 e. The van der Waals surface area contributed by atoms with Crippen molar-refractivity contribution in [3.63, 3.8) is 0 Å². The molecule has 27 heavy (non-hydrogen) atoms. The van der Waals surface area contributed by atoms with E-state index in [1.165, 1.54) is 13.0 Å². The molecule has 0 aliphatic heterocycles. The zero-order chi connectivity index (χ0) is 20.2. The Morgan fingerprint density at radius 2 is 1.74 bits per heavy atom. The van der Waals surface area contributed by atoms with E-state index in [2.05, 4.69) is 16.6 Å². The van der Waals surface area contributed by atoms with Crippen molar-refractivity contribution in [3.05, 3.63) is 59.9 Å². The number of carbonyl (C=O) groups excluding carboxylic acids is 1. The molecule has 4 heteroatoms. The molecule has 0 N–H and O–H groups in total. The summed E-state index contributed by atoms with van der Waals surface area (Å²) in [4.78, 5) is 20.4. The first kappa shape index (κ1) is 20.4. The summed E-state index contributed by atoms with van der Waals surface area (Å²) in [6.07, 6.45) is 3.46. The topological polar surface area (TPSA) is 41.8 Å². The third-order valence-electron chi connectivity index (χ3n) is 4.52. The van der Waals surface area contributed by atoms with E-state index in [-0.39, 0.29) is 11.6 Å². The number of Topliss-reactive ketones (excluding diaryl/α,β-unsaturated/α-hetero) is 1. The van der Waals surface area contributed by atoms with Crippen LogP contribution in [0.2, 0.25) is 0 Å². The monoisotopic (exact) mass is 364 g/mol. The summed E-state index contributed by atoms with van der Waals surface area (Å²) in [7, 11) is 0. The van der Waals surface area contributed by atoms with Gasteiger partial charge in [-0.05, 0) is 69.5 Å². The molecular weight excluding hydrogens is 339 g/mol. The van der Waals surface area contributed by atoms with Crippen molar-refractivity contribution in [3.8, 4) is 11.1 Å². The molecule has 0 saturated heterocycles. The van der Waals surface area contributed by atoms with Gasteiger partial charge in [-0.25, -0.2) is 4.39 Å². The van der Waals surface area contributed by atoms with Crippen molar-refractivity contribution in [2.45, 2.75) is 40.2 Å². The summed E-state index contributed by atoms with van der Waals surface area (Å²) in [5, 5.41) is 0. The van der Waals surface area contributed by atoms with Crippen LogP contribution >= 0.6 is 0 Å². The molecule has 0 radical (unpaired) electrons. The van der Waals surface area contributed by atoms with Gasteiger partial charge >= 0.3 is 0 Å². The van der Waals surface area contributed by atoms with Crippen LogP contribution in [0.1, 0.15) is 45.7 Å². The van der Waals surface area contributed by atoms with Gasteiger partial charge in [0.25, 0.3) is 0 Å². The molecule has 3 nitrogen and oxygen atoms in total. The normalized spacial score (nSPS) is 12.4. The first-order valence-electron chi connectivity index (χ1n) is 8.82. The number of hydrogen-bond donors (Lipinski definition) is 0. The molecule has 0 aromatic heterocycles. The molecule has 2 aromatic carbocycles. The van der Waals surface area contributed by atoms with Gasteiger partial charge in [0.2, 0.25) is 0 Å². The lowest BCUT2D eigenvalue weighted by Crippen LogP contribution is -2.28. The summed E-state index contributed by atoms with van der Waals surface area (Å²) < 4.78 is 14.7. The second-order valence-electron chi connectivity index (χ2n) is 6.87. The van der Waals surface area contributed by atoms with Gasteiger partial charge in [-0.3, -0.25) is 14.8 Å². The fraction of sp³-hybridized carbons (Fsp3) is 0.261. The highest BCUT2D eigenvalue weighted by Crippen LogP contribution is 2.29. The van der Waals surface area contributed by atoms with Crippen LogP contribution in [-0.4, -0.2) is 23.2 Å². The van der Waals surface area contributed by atoms with E-state index in [0.717, 1.165) is 22.4 Å². The number of carbonyl (C=O) groups is 1. The van der Waals surface area contributed by atoms with E-state index in [4.69, 9.17) is 0 Å². The Kier molecular flexibility index (Phi) is 6.21. The summed E-state index contributed by atoms with van der Waals surface area (Å²) in [5.41, 5.74) is 3.34. The van der Waals surface area contributed by atoms with Gasteiger partial charge in [-0.1, -0.05) is 30.9 Å². The number of rotatable bonds is 6. The van der Waals surface area contributed by atoms with Gasteiger partial charge in [0.15, 0.2) is 5.78 Å². The zero-order valence-electron chi connectivity index (χ0n) is 16.5. The Morgan fingerprint density at radius 3 is 2.30 bits per heavy atom. The summed E-state index contributed by atoms with van der Waals surface area (Å²) in [6.45, 7) is 12.3. The van der Waals surface area contributed by atoms with Crippen molar-refractivity contribution in [2.75, 3.05) is 0 Å². The predicted octanol–water partition coefficient (Wildman–Crippen LogP) is 6.03. The van der Waals surface area contributed by atoms with Crippen LogP contribution in [0.15, 0.2) is 53.0 Å². The number of ketones is 1. The number of halogens is 1. The van der Waals surface area contributed by atoms with Gasteiger partial charge in [-0.2, -0.15) is 0 Å². The molecular formula is C23H25FN2O. The molecule has 2 rings (SSSR count). The molecule has 0 bridgehead atoms. The van der Waals surface area contributed by atoms with Crippen molar-refractivity contribution >= 4 is 29.5 Å². The first-order valence-corrected chi connectivity index (χ1v) is 8.82. The van der Waals surface area contributed by atoms with E-state index in [0.29, 0.717) is 11.3 Å². The SMILES string of the molecule is C=Cc1ccc(-c2ccc(C(C)=NC(C)(C)C(C)=O)c(F)c2)cc1N=CC. The number of nitrogens with zero attached hydrogens (tertiary/aromatic N) is 2. The van der Waals surface area contributed by atoms with Gasteiger partial charge in [0, 0.05) is 17.5 Å². The molecule has 2 aromatic rings. The number of benzene rings is 2. The maximum atomic E-state index is 14.7. The van der Waals surface area contributed by atoms with E-state index >= 15 is 0 Å². The average molecular weight is 364 g/mol. The summed E-state index contributed by atoms with van der Waals surface area (Å²) in [5.74, 6) is -0.438. The van der Waals surface area contributed by atoms with Crippen molar-refractivity contribution < 1.29 is 9.18 Å². The van der Waals surface area contributed by atoms with Crippen LogP contribution in [0.5, 0.6) is 0 Å². The first-order chi connectivity index (χ1) is 12.7. The van der Waals surface area contributed by atoms with Gasteiger partial charge in [0.05, 0.1) is 5.69 Å². The van der Waals surface area contributed by atoms with Gasteiger partial charge in [-0.15, -0.1) is 0 Å². The Morgan fingerprint density at radius 1 is 1.11 bits per heavy atom. The Hall–Kier alpha value is -2.88. The molecule has 0 heterocycles. The maximum Gasteiger partial charge on any atom is 0.156 e. The summed E-state index contributed by atoms with van der Waals surface area (Å²) in [6, 6.07) is 10.8. The Bertz CT molecular complexity index is 939. The molecule has 0 aliphatic carbocycles. The quantitative estimate of drug-likeness (QED) is 0.577. The average Bonchev–Trinajstić information content (AvgIpc) is 2.61. The minimum atomic E-state index is -0.872. The fourth-order valence-electron chi connectivity index (χ4n) is 2.69. The number of aliphatic imine (C=N–C) groups is 2. The Labute approximate surface area is 160 Å². The molecule has 0 fully saturated rings. The van der Waals surface area contributed by atoms with Crippen molar-refractivity contribution in [1.29, 1.82) is 0 Å². The smallest absolute Gasteiger partial charge is 0.156 e. The third kappa shape index (κ3) is 4.64. The van der Waals surface area contributed by atoms with Crippen LogP contribution in [0.4, 0.5) is 10.1 Å². The van der Waals surface area contributed by atoms with Gasteiger partial charge in [0.1, 0.15) is 11.4 Å². The Balaban J connectivity index is 2.46. The van der Waals surface area contributed by atoms with Crippen molar-refractivity contribution in [1.82, 2.24) is 0 Å². The second kappa shape index (κ2) is 8.21. The molecule has 0 spiro atoms. The molecule has 140 valence electrons. The lowest BCUT2D eigenvalue weighted by atomic mass is 9.98. The van der Waals surface area contributed by atoms with Crippen LogP contribution in [0.25, 0.3) is 17.2 Å². The molecule has 0 unspecified atom stereocenters. The van der Waals surface area contributed by atoms with Crippen LogP contribution in [-0.2, 0) is 4.79 Å². The van der Waals surface area contributed by atoms with Gasteiger partial charge < -0.3 is 0 Å². The third-order valence-corrected chi connectivity index (χ3v) is 4.52. The number of hydrogen-bond acceptors (Lipinski definition) is 3. The predicted molar refractivity (Wildman–Crippen MR) is 113 cm³/mol. The highest BCUT2D eigenvalue weighted by molar-refractivity contribution is 6.01. The minimum Gasteiger partial charge on any atom is -0.297 e. The summed E-state index contributed by atoms with van der Waals surface area (Å²) >= 11 is 0. The van der Waals surface area contributed by atoms with Crippen LogP contribution in [0.3, 0.4) is 0 Å². The van der Waals surface area contributed by atoms with Crippen LogP contribution < -0.4 is 0 Å². The van der Waals surface area contributed by atoms with E-state index in [1.54, 1.807) is 39.1 Å². The van der Waals surface area contributed by atoms with Crippen molar-refractivity contribution in [2.24, 2.45) is 9.98 Å². The standard InChI is InChI=1S/C23H25FN2O/c1-7-17-9-10-19(14-22(17)25-8-2)18-11-12-20(21(24)13-18)15(3)26-23(5,6)16(4)27/h7-14H,1H2,2-6H3. The fourth-order valence-corrected chi connectivity index (χ4v) is 2.69. The lowest BCUT2D eigenvalue weighted by Gasteiger charge is -2.17. The zero-order valence-corrected chi connectivity index (χ0v) is 16.5. The highest BCUT2D eigenvalue weighted by atomic mass is 19.1. The van der Waals surface area contributed by atoms with E-state index in [1.807, 2.05) is 31.2 Å². The minimum absolute atomic E-state index is 0.0646. The van der Waals surface area contributed by atoms with E-state index in [9.17, 15) is 9.18 Å². The van der Waals surface area contributed by atoms with Crippen LogP contribution in [0, 0.1) is 5.82 Å². The maximum absolute atomic E-state index is 14.7. The van der Waals surface area contributed by atoms with E-state index < -0.39 is 5.54 Å². The molecule has 0 aliphatic rings. The second-order valence-corrected chi connectivity index (χ2v) is 6.87. The lowest BCUT2D eigenvalue weighted by molar-refractivity contribution is -0.120. The molecule has 0 amide bonds. The highest BCUT2D eigenvalue weighted by Gasteiger charge is 2.23. The molecule has 0 saturated carbocycles. The molecule has 0 atom stereocenters.